The number of hydrogen-bond donors (Lipinski definition) is 0. The Hall–Kier alpha value is -2.08. The lowest BCUT2D eigenvalue weighted by molar-refractivity contribution is -0.192. The van der Waals surface area contributed by atoms with Gasteiger partial charge in [-0.1, -0.05) is 6.42 Å². The van der Waals surface area contributed by atoms with E-state index in [4.69, 9.17) is 4.74 Å². The van der Waals surface area contributed by atoms with Crippen LogP contribution < -0.4 is 0 Å². The van der Waals surface area contributed by atoms with E-state index in [0.29, 0.717) is 17.6 Å². The van der Waals surface area contributed by atoms with Crippen molar-refractivity contribution in [3.8, 4) is 0 Å². The molecular formula is C19H22FN3O2. The van der Waals surface area contributed by atoms with Gasteiger partial charge in [0.05, 0.1) is 17.2 Å². The average Bonchev–Trinajstić information content (AvgIpc) is 2.54. The Balaban J connectivity index is 1.64. The molecule has 2 aliphatic rings. The number of hydrogen-bond acceptors (Lipinski definition) is 4. The second-order valence-electron chi connectivity index (χ2n) is 7.08. The van der Waals surface area contributed by atoms with Gasteiger partial charge in [0, 0.05) is 43.6 Å². The number of carbonyl (C=O) groups excluding carboxylic acids is 1. The van der Waals surface area contributed by atoms with E-state index in [1.165, 1.54) is 30.9 Å². The minimum absolute atomic E-state index is 0.0786. The van der Waals surface area contributed by atoms with E-state index < -0.39 is 5.82 Å². The lowest BCUT2D eigenvalue weighted by Crippen LogP contribution is -2.67. The van der Waals surface area contributed by atoms with Crippen molar-refractivity contribution in [2.45, 2.75) is 44.8 Å². The molecule has 0 bridgehead atoms. The Labute approximate surface area is 146 Å². The summed E-state index contributed by atoms with van der Waals surface area (Å²) in [4.78, 5) is 23.2. The van der Waals surface area contributed by atoms with Crippen LogP contribution in [0.3, 0.4) is 0 Å². The Morgan fingerprint density at radius 1 is 1.36 bits per heavy atom. The third-order valence-electron chi connectivity index (χ3n) is 5.95. The number of fused-ring (bicyclic) bond motifs is 1. The van der Waals surface area contributed by atoms with Crippen molar-refractivity contribution >= 4 is 16.9 Å². The van der Waals surface area contributed by atoms with Gasteiger partial charge < -0.3 is 9.64 Å². The third-order valence-corrected chi connectivity index (χ3v) is 5.95. The summed E-state index contributed by atoms with van der Waals surface area (Å²) in [5, 5.41) is 0. The first-order chi connectivity index (χ1) is 12.1. The summed E-state index contributed by atoms with van der Waals surface area (Å²) in [7, 11) is 1.81. The SMILES string of the molecule is CCO[C@H]1C[C@@H](N(C)C(=O)c2cc(F)cc3nccnc23)C12CCC2. The van der Waals surface area contributed by atoms with Gasteiger partial charge in [-0.3, -0.25) is 14.8 Å². The molecule has 2 aliphatic carbocycles. The molecule has 2 atom stereocenters. The van der Waals surface area contributed by atoms with Crippen molar-refractivity contribution in [1.82, 2.24) is 14.9 Å². The fourth-order valence-electron chi connectivity index (χ4n) is 4.48. The molecule has 1 heterocycles. The van der Waals surface area contributed by atoms with E-state index in [1.54, 1.807) is 4.90 Å². The Morgan fingerprint density at radius 2 is 2.12 bits per heavy atom. The van der Waals surface area contributed by atoms with Crippen LogP contribution in [0, 0.1) is 11.2 Å². The topological polar surface area (TPSA) is 55.3 Å². The fraction of sp³-hybridized carbons (Fsp3) is 0.526. The highest BCUT2D eigenvalue weighted by molar-refractivity contribution is 6.04. The number of benzene rings is 1. The average molecular weight is 343 g/mol. The van der Waals surface area contributed by atoms with Gasteiger partial charge in [-0.2, -0.15) is 0 Å². The van der Waals surface area contributed by atoms with Crippen molar-refractivity contribution in [3.05, 3.63) is 35.9 Å². The zero-order valence-electron chi connectivity index (χ0n) is 14.5. The number of amides is 1. The molecule has 25 heavy (non-hydrogen) atoms. The van der Waals surface area contributed by atoms with Gasteiger partial charge >= 0.3 is 0 Å². The predicted octanol–water partition coefficient (Wildman–Crippen LogP) is 3.19. The van der Waals surface area contributed by atoms with Crippen LogP contribution in [0.2, 0.25) is 0 Å². The fourth-order valence-corrected chi connectivity index (χ4v) is 4.48. The third kappa shape index (κ3) is 2.42. The second kappa shape index (κ2) is 6.02. The molecule has 1 spiro atoms. The van der Waals surface area contributed by atoms with Crippen molar-refractivity contribution in [2.75, 3.05) is 13.7 Å². The smallest absolute Gasteiger partial charge is 0.256 e. The molecule has 1 amide bonds. The summed E-state index contributed by atoms with van der Waals surface area (Å²) in [6.45, 7) is 2.70. The predicted molar refractivity (Wildman–Crippen MR) is 91.7 cm³/mol. The number of ether oxygens (including phenoxy) is 1. The van der Waals surface area contributed by atoms with Gasteiger partial charge in [0.2, 0.25) is 0 Å². The van der Waals surface area contributed by atoms with Crippen LogP contribution in [-0.2, 0) is 4.74 Å². The van der Waals surface area contributed by atoms with Crippen molar-refractivity contribution in [2.24, 2.45) is 5.41 Å². The van der Waals surface area contributed by atoms with Crippen molar-refractivity contribution < 1.29 is 13.9 Å². The van der Waals surface area contributed by atoms with Crippen LogP contribution >= 0.6 is 0 Å². The first-order valence-corrected chi connectivity index (χ1v) is 8.86. The van der Waals surface area contributed by atoms with Gasteiger partial charge in [-0.25, -0.2) is 4.39 Å². The van der Waals surface area contributed by atoms with E-state index in [0.717, 1.165) is 19.3 Å². The number of aromatic nitrogens is 2. The summed E-state index contributed by atoms with van der Waals surface area (Å²) < 4.78 is 19.8. The van der Waals surface area contributed by atoms with Crippen LogP contribution in [-0.4, -0.2) is 46.6 Å². The molecule has 6 heteroatoms. The monoisotopic (exact) mass is 343 g/mol. The molecule has 1 aromatic carbocycles. The largest absolute Gasteiger partial charge is 0.378 e. The zero-order chi connectivity index (χ0) is 17.6. The van der Waals surface area contributed by atoms with E-state index in [1.807, 2.05) is 14.0 Å². The summed E-state index contributed by atoms with van der Waals surface area (Å²) >= 11 is 0. The summed E-state index contributed by atoms with van der Waals surface area (Å²) in [6.07, 6.45) is 7.45. The van der Waals surface area contributed by atoms with Crippen molar-refractivity contribution in [3.63, 3.8) is 0 Å². The molecule has 4 rings (SSSR count). The maximum atomic E-state index is 14.0. The number of nitrogens with zero attached hydrogens (tertiary/aromatic N) is 3. The van der Waals surface area contributed by atoms with Crippen LogP contribution in [0.25, 0.3) is 11.0 Å². The van der Waals surface area contributed by atoms with Gasteiger partial charge in [0.15, 0.2) is 0 Å². The minimum atomic E-state index is -0.469. The number of rotatable bonds is 4. The molecule has 1 aromatic heterocycles. The van der Waals surface area contributed by atoms with Crippen LogP contribution in [0.15, 0.2) is 24.5 Å². The second-order valence-corrected chi connectivity index (χ2v) is 7.08. The summed E-state index contributed by atoms with van der Waals surface area (Å²) in [5.41, 5.74) is 1.21. The molecule has 5 nitrogen and oxygen atoms in total. The van der Waals surface area contributed by atoms with Gasteiger partial charge in [-0.05, 0) is 32.3 Å². The van der Waals surface area contributed by atoms with E-state index in [2.05, 4.69) is 9.97 Å². The normalized spacial score (nSPS) is 24.0. The molecule has 132 valence electrons. The highest BCUT2D eigenvalue weighted by Gasteiger charge is 2.61. The number of carbonyl (C=O) groups is 1. The molecule has 2 aromatic rings. The van der Waals surface area contributed by atoms with Gasteiger partial charge in [-0.15, -0.1) is 0 Å². The van der Waals surface area contributed by atoms with Crippen LogP contribution in [0.1, 0.15) is 43.0 Å². The first-order valence-electron chi connectivity index (χ1n) is 8.86. The lowest BCUT2D eigenvalue weighted by Gasteiger charge is -2.63. The zero-order valence-corrected chi connectivity index (χ0v) is 14.5. The molecule has 2 fully saturated rings. The molecule has 0 N–H and O–H groups in total. The molecular weight excluding hydrogens is 321 g/mol. The minimum Gasteiger partial charge on any atom is -0.378 e. The molecule has 0 aliphatic heterocycles. The van der Waals surface area contributed by atoms with Crippen molar-refractivity contribution in [1.29, 1.82) is 0 Å². The number of halogens is 1. The molecule has 0 saturated heterocycles. The molecule has 2 saturated carbocycles. The standard InChI is InChI=1S/C19H22FN3O2/c1-3-25-16-11-15(19(16)5-4-6-19)23(2)18(24)13-9-12(20)10-14-17(13)22-8-7-21-14/h7-10,15-16H,3-6,11H2,1-2H3/t15-,16+/m1/s1. The Kier molecular flexibility index (Phi) is 3.95. The molecule has 0 unspecified atom stereocenters. The first kappa shape index (κ1) is 16.4. The highest BCUT2D eigenvalue weighted by atomic mass is 19.1. The van der Waals surface area contributed by atoms with E-state index >= 15 is 0 Å². The van der Waals surface area contributed by atoms with Gasteiger partial charge in [0.25, 0.3) is 5.91 Å². The Bertz CT molecular complexity index is 821. The maximum Gasteiger partial charge on any atom is 0.256 e. The van der Waals surface area contributed by atoms with Crippen LogP contribution in [0.5, 0.6) is 0 Å². The summed E-state index contributed by atoms with van der Waals surface area (Å²) in [6, 6.07) is 2.71. The van der Waals surface area contributed by atoms with Gasteiger partial charge in [0.1, 0.15) is 11.3 Å². The quantitative estimate of drug-likeness (QED) is 0.855. The lowest BCUT2D eigenvalue weighted by atomic mass is 9.50. The van der Waals surface area contributed by atoms with E-state index in [9.17, 15) is 9.18 Å². The van der Waals surface area contributed by atoms with E-state index in [-0.39, 0.29) is 29.0 Å². The molecule has 0 radical (unpaired) electrons. The summed E-state index contributed by atoms with van der Waals surface area (Å²) in [5.74, 6) is -0.667. The highest BCUT2D eigenvalue weighted by Crippen LogP contribution is 2.59. The van der Waals surface area contributed by atoms with Crippen LogP contribution in [0.4, 0.5) is 4.39 Å². The Morgan fingerprint density at radius 3 is 2.80 bits per heavy atom. The maximum absolute atomic E-state index is 14.0.